The molecule has 0 radical (unpaired) electrons. The number of ketones is 2. The van der Waals surface area contributed by atoms with Crippen LogP contribution in [0.2, 0.25) is 0 Å². The largest absolute Gasteiger partial charge is 0.461 e. The van der Waals surface area contributed by atoms with Gasteiger partial charge in [0.1, 0.15) is 37.6 Å². The van der Waals surface area contributed by atoms with E-state index in [9.17, 15) is 24.0 Å². The van der Waals surface area contributed by atoms with E-state index in [0.29, 0.717) is 13.0 Å². The molecule has 164 valence electrons. The molecule has 0 saturated carbocycles. The molecule has 9 nitrogen and oxygen atoms in total. The first-order valence-electron chi connectivity index (χ1n) is 8.24. The van der Waals surface area contributed by atoms with Gasteiger partial charge in [-0.15, -0.1) is 0 Å². The molecule has 0 aromatic rings. The quantitative estimate of drug-likeness (QED) is 0.255. The number of nitrogens with zero attached hydrogens (tertiary/aromatic N) is 1. The van der Waals surface area contributed by atoms with Gasteiger partial charge in [0.25, 0.3) is 0 Å². The minimum absolute atomic E-state index is 0. The van der Waals surface area contributed by atoms with E-state index in [1.54, 1.807) is 0 Å². The summed E-state index contributed by atoms with van der Waals surface area (Å²) < 4.78 is 14.9. The SMILES string of the molecule is C.C.CC(=O)CC(=O)OCC(COC(=O)CC(C)=O)OC(=O)CCCN(C)C. The summed E-state index contributed by atoms with van der Waals surface area (Å²) in [6, 6.07) is 0. The van der Waals surface area contributed by atoms with Gasteiger partial charge in [-0.25, -0.2) is 0 Å². The Hall–Kier alpha value is -2.29. The summed E-state index contributed by atoms with van der Waals surface area (Å²) in [7, 11) is 3.74. The highest BCUT2D eigenvalue weighted by atomic mass is 16.6. The summed E-state index contributed by atoms with van der Waals surface area (Å²) in [5.41, 5.74) is 0. The summed E-state index contributed by atoms with van der Waals surface area (Å²) in [6.45, 7) is 2.48. The lowest BCUT2D eigenvalue weighted by Gasteiger charge is -2.18. The zero-order valence-electron chi connectivity index (χ0n) is 15.7. The van der Waals surface area contributed by atoms with E-state index in [-0.39, 0.29) is 46.1 Å². The van der Waals surface area contributed by atoms with Crippen LogP contribution in [0.1, 0.15) is 54.4 Å². The molecular formula is C19H35NO8. The molecule has 9 heteroatoms. The van der Waals surface area contributed by atoms with Gasteiger partial charge in [-0.05, 0) is 40.9 Å². The maximum atomic E-state index is 11.8. The summed E-state index contributed by atoms with van der Waals surface area (Å²) in [5.74, 6) is -2.77. The first-order chi connectivity index (χ1) is 12.1. The third-order valence-electron chi connectivity index (χ3n) is 2.93. The molecule has 0 bridgehead atoms. The van der Waals surface area contributed by atoms with Crippen LogP contribution in [0.3, 0.4) is 0 Å². The van der Waals surface area contributed by atoms with Crippen LogP contribution in [0, 0.1) is 0 Å². The van der Waals surface area contributed by atoms with Gasteiger partial charge in [0.2, 0.25) is 0 Å². The fraction of sp³-hybridized carbons (Fsp3) is 0.737. The van der Waals surface area contributed by atoms with Crippen LogP contribution in [-0.2, 0) is 38.2 Å². The monoisotopic (exact) mass is 405 g/mol. The lowest BCUT2D eigenvalue weighted by Crippen LogP contribution is -2.31. The number of hydrogen-bond donors (Lipinski definition) is 0. The fourth-order valence-corrected chi connectivity index (χ4v) is 1.78. The van der Waals surface area contributed by atoms with Gasteiger partial charge in [-0.1, -0.05) is 14.9 Å². The minimum atomic E-state index is -1.01. The van der Waals surface area contributed by atoms with E-state index in [2.05, 4.69) is 0 Å². The predicted octanol–water partition coefficient (Wildman–Crippen LogP) is 1.56. The molecule has 0 fully saturated rings. The highest BCUT2D eigenvalue weighted by Crippen LogP contribution is 2.03. The molecular weight excluding hydrogens is 370 g/mol. The van der Waals surface area contributed by atoms with Crippen LogP contribution in [0.15, 0.2) is 0 Å². The van der Waals surface area contributed by atoms with E-state index >= 15 is 0 Å². The van der Waals surface area contributed by atoms with E-state index in [0.717, 1.165) is 0 Å². The molecule has 0 amide bonds. The second-order valence-corrected chi connectivity index (χ2v) is 6.14. The van der Waals surface area contributed by atoms with Crippen LogP contribution in [-0.4, -0.2) is 74.3 Å². The van der Waals surface area contributed by atoms with Crippen LogP contribution in [0.5, 0.6) is 0 Å². The fourth-order valence-electron chi connectivity index (χ4n) is 1.78. The van der Waals surface area contributed by atoms with E-state index in [4.69, 9.17) is 14.2 Å². The Labute approximate surface area is 167 Å². The highest BCUT2D eigenvalue weighted by Gasteiger charge is 2.20. The third-order valence-corrected chi connectivity index (χ3v) is 2.93. The molecule has 28 heavy (non-hydrogen) atoms. The van der Waals surface area contributed by atoms with Gasteiger partial charge in [0.15, 0.2) is 6.10 Å². The number of carbonyl (C=O) groups is 5. The maximum absolute atomic E-state index is 11.8. The molecule has 0 saturated heterocycles. The Kier molecular flexibility index (Phi) is 18.3. The molecule has 0 aliphatic rings. The van der Waals surface area contributed by atoms with Crippen LogP contribution in [0.4, 0.5) is 0 Å². The van der Waals surface area contributed by atoms with E-state index in [1.807, 2.05) is 19.0 Å². The summed E-state index contributed by atoms with van der Waals surface area (Å²) in [6.07, 6.45) is -1.07. The van der Waals surface area contributed by atoms with Gasteiger partial charge in [-0.3, -0.25) is 24.0 Å². The van der Waals surface area contributed by atoms with Gasteiger partial charge in [-0.2, -0.15) is 0 Å². The molecule has 0 atom stereocenters. The van der Waals surface area contributed by atoms with Crippen molar-refractivity contribution >= 4 is 29.5 Å². The maximum Gasteiger partial charge on any atom is 0.313 e. The average molecular weight is 405 g/mol. The van der Waals surface area contributed by atoms with Crippen molar-refractivity contribution in [1.29, 1.82) is 0 Å². The van der Waals surface area contributed by atoms with Gasteiger partial charge >= 0.3 is 17.9 Å². The number of Topliss-reactive ketones (excluding diaryl/α,β-unsaturated/α-hetero) is 2. The molecule has 0 unspecified atom stereocenters. The smallest absolute Gasteiger partial charge is 0.313 e. The molecule has 0 heterocycles. The summed E-state index contributed by atoms with van der Waals surface area (Å²) in [4.78, 5) is 58.4. The van der Waals surface area contributed by atoms with Gasteiger partial charge < -0.3 is 19.1 Å². The topological polar surface area (TPSA) is 116 Å². The second-order valence-electron chi connectivity index (χ2n) is 6.14. The van der Waals surface area contributed by atoms with Crippen molar-refractivity contribution < 1.29 is 38.2 Å². The van der Waals surface area contributed by atoms with Crippen LogP contribution >= 0.6 is 0 Å². The Morgan fingerprint density at radius 3 is 1.57 bits per heavy atom. The van der Waals surface area contributed by atoms with Crippen molar-refractivity contribution in [3.05, 3.63) is 0 Å². The van der Waals surface area contributed by atoms with E-state index in [1.165, 1.54) is 13.8 Å². The normalized spacial score (nSPS) is 9.79. The van der Waals surface area contributed by atoms with Crippen molar-refractivity contribution in [2.24, 2.45) is 0 Å². The molecule has 0 rings (SSSR count). The molecule has 0 aliphatic heterocycles. The Bertz CT molecular complexity index is 484. The third kappa shape index (κ3) is 18.5. The molecule has 0 aromatic carbocycles. The number of hydrogen-bond acceptors (Lipinski definition) is 9. The summed E-state index contributed by atoms with van der Waals surface area (Å²) >= 11 is 0. The molecule has 0 aliphatic carbocycles. The minimum Gasteiger partial charge on any atom is -0.461 e. The summed E-state index contributed by atoms with van der Waals surface area (Å²) in [5, 5.41) is 0. The van der Waals surface area contributed by atoms with Gasteiger partial charge in [0.05, 0.1) is 0 Å². The average Bonchev–Trinajstić information content (AvgIpc) is 2.48. The van der Waals surface area contributed by atoms with E-state index < -0.39 is 36.9 Å². The molecule has 0 aromatic heterocycles. The number of esters is 3. The zero-order chi connectivity index (χ0) is 20.1. The zero-order valence-corrected chi connectivity index (χ0v) is 15.7. The second kappa shape index (κ2) is 16.9. The van der Waals surface area contributed by atoms with Crippen molar-refractivity contribution in [3.63, 3.8) is 0 Å². The Balaban J connectivity index is -0.00000312. The van der Waals surface area contributed by atoms with Crippen LogP contribution in [0.25, 0.3) is 0 Å². The van der Waals surface area contributed by atoms with Crippen molar-refractivity contribution in [2.75, 3.05) is 33.9 Å². The lowest BCUT2D eigenvalue weighted by molar-refractivity contribution is -0.167. The number of ether oxygens (including phenoxy) is 3. The van der Waals surface area contributed by atoms with Crippen molar-refractivity contribution in [2.45, 2.75) is 60.5 Å². The van der Waals surface area contributed by atoms with Crippen molar-refractivity contribution in [3.8, 4) is 0 Å². The Morgan fingerprint density at radius 1 is 0.786 bits per heavy atom. The highest BCUT2D eigenvalue weighted by molar-refractivity contribution is 5.94. The van der Waals surface area contributed by atoms with Crippen molar-refractivity contribution in [1.82, 2.24) is 4.90 Å². The molecule has 0 N–H and O–H groups in total. The number of carbonyl (C=O) groups excluding carboxylic acids is 5. The lowest BCUT2D eigenvalue weighted by atomic mass is 10.3. The predicted molar refractivity (Wildman–Crippen MR) is 104 cm³/mol. The first-order valence-corrected chi connectivity index (χ1v) is 8.24. The van der Waals surface area contributed by atoms with Gasteiger partial charge in [0, 0.05) is 6.42 Å². The first kappa shape index (κ1) is 30.4. The Morgan fingerprint density at radius 2 is 1.21 bits per heavy atom. The number of rotatable bonds is 13. The molecule has 0 spiro atoms. The van der Waals surface area contributed by atoms with Crippen LogP contribution < -0.4 is 0 Å². The standard InChI is InChI=1S/C17H27NO8.2CH4/c1-12(19)8-16(22)24-10-14(11-25-17(23)9-13(2)20)26-15(21)6-5-7-18(3)4;;/h14H,5-11H2,1-4H3;2*1H4.